The molecule has 0 heterocycles. The standard InChI is InChI=1S/C22H29NO3/c1-5-25-21-11-7-6-9-19(21)10-8-14-23-22(24)18(4)26-20-13-12-16(2)17(3)15-20/h6-7,9,11-13,15,18H,5,8,10,14H2,1-4H3,(H,23,24). The fraction of sp³-hybridized carbons (Fsp3) is 0.409. The molecule has 0 aromatic heterocycles. The van der Waals surface area contributed by atoms with Crippen molar-refractivity contribution in [3.05, 3.63) is 59.2 Å². The van der Waals surface area contributed by atoms with Crippen LogP contribution in [0.1, 0.15) is 37.0 Å². The Morgan fingerprint density at radius 3 is 2.62 bits per heavy atom. The van der Waals surface area contributed by atoms with E-state index in [0.717, 1.165) is 29.9 Å². The smallest absolute Gasteiger partial charge is 0.260 e. The van der Waals surface area contributed by atoms with E-state index in [0.29, 0.717) is 13.2 Å². The number of hydrogen-bond donors (Lipinski definition) is 1. The number of ether oxygens (including phenoxy) is 2. The molecule has 2 rings (SSSR count). The molecule has 1 amide bonds. The highest BCUT2D eigenvalue weighted by molar-refractivity contribution is 5.80. The molecule has 0 radical (unpaired) electrons. The van der Waals surface area contributed by atoms with Gasteiger partial charge in [0.15, 0.2) is 6.10 Å². The van der Waals surface area contributed by atoms with E-state index in [-0.39, 0.29) is 5.91 Å². The first-order chi connectivity index (χ1) is 12.5. The van der Waals surface area contributed by atoms with Crippen LogP contribution in [0.4, 0.5) is 0 Å². The highest BCUT2D eigenvalue weighted by atomic mass is 16.5. The second-order valence-corrected chi connectivity index (χ2v) is 6.44. The summed E-state index contributed by atoms with van der Waals surface area (Å²) in [6.45, 7) is 9.11. The predicted octanol–water partition coefficient (Wildman–Crippen LogP) is 4.22. The lowest BCUT2D eigenvalue weighted by Gasteiger charge is -2.16. The van der Waals surface area contributed by atoms with E-state index >= 15 is 0 Å². The molecule has 140 valence electrons. The molecule has 2 aromatic rings. The Hall–Kier alpha value is -2.49. The van der Waals surface area contributed by atoms with E-state index in [1.165, 1.54) is 11.1 Å². The van der Waals surface area contributed by atoms with Gasteiger partial charge in [0.25, 0.3) is 5.91 Å². The molecular weight excluding hydrogens is 326 g/mol. The van der Waals surface area contributed by atoms with Crippen molar-refractivity contribution < 1.29 is 14.3 Å². The number of carbonyl (C=O) groups excluding carboxylic acids is 1. The molecule has 0 fully saturated rings. The van der Waals surface area contributed by atoms with Gasteiger partial charge in [-0.2, -0.15) is 0 Å². The summed E-state index contributed by atoms with van der Waals surface area (Å²) in [4.78, 5) is 12.2. The predicted molar refractivity (Wildman–Crippen MR) is 105 cm³/mol. The Balaban J connectivity index is 1.77. The van der Waals surface area contributed by atoms with Crippen molar-refractivity contribution in [3.8, 4) is 11.5 Å². The molecule has 4 heteroatoms. The van der Waals surface area contributed by atoms with Crippen LogP contribution < -0.4 is 14.8 Å². The minimum absolute atomic E-state index is 0.0960. The maximum Gasteiger partial charge on any atom is 0.260 e. The van der Waals surface area contributed by atoms with Gasteiger partial charge in [-0.3, -0.25) is 4.79 Å². The van der Waals surface area contributed by atoms with Crippen molar-refractivity contribution in [3.63, 3.8) is 0 Å². The number of amides is 1. The third-order valence-electron chi connectivity index (χ3n) is 4.36. The van der Waals surface area contributed by atoms with Crippen molar-refractivity contribution in [1.82, 2.24) is 5.32 Å². The van der Waals surface area contributed by atoms with Gasteiger partial charge in [0, 0.05) is 6.54 Å². The molecule has 26 heavy (non-hydrogen) atoms. The van der Waals surface area contributed by atoms with Gasteiger partial charge in [0.05, 0.1) is 6.61 Å². The van der Waals surface area contributed by atoms with E-state index in [2.05, 4.69) is 18.3 Å². The molecule has 0 aliphatic heterocycles. The van der Waals surface area contributed by atoms with Gasteiger partial charge in [-0.15, -0.1) is 0 Å². The monoisotopic (exact) mass is 355 g/mol. The van der Waals surface area contributed by atoms with Gasteiger partial charge >= 0.3 is 0 Å². The van der Waals surface area contributed by atoms with Crippen LogP contribution in [0.25, 0.3) is 0 Å². The summed E-state index contributed by atoms with van der Waals surface area (Å²) in [5, 5.41) is 2.95. The molecule has 0 saturated heterocycles. The van der Waals surface area contributed by atoms with E-state index in [1.54, 1.807) is 6.92 Å². The summed E-state index contributed by atoms with van der Waals surface area (Å²) < 4.78 is 11.4. The molecule has 1 atom stereocenters. The number of benzene rings is 2. The highest BCUT2D eigenvalue weighted by Gasteiger charge is 2.14. The van der Waals surface area contributed by atoms with Crippen LogP contribution in [-0.4, -0.2) is 25.2 Å². The van der Waals surface area contributed by atoms with Gasteiger partial charge in [-0.05, 0) is 75.4 Å². The third kappa shape index (κ3) is 5.80. The Labute approximate surface area is 156 Å². The Morgan fingerprint density at radius 2 is 1.88 bits per heavy atom. The minimum Gasteiger partial charge on any atom is -0.494 e. The van der Waals surface area contributed by atoms with Crippen molar-refractivity contribution in [1.29, 1.82) is 0 Å². The zero-order valence-corrected chi connectivity index (χ0v) is 16.2. The number of hydrogen-bond acceptors (Lipinski definition) is 3. The lowest BCUT2D eigenvalue weighted by molar-refractivity contribution is -0.127. The maximum atomic E-state index is 12.2. The summed E-state index contributed by atoms with van der Waals surface area (Å²) in [7, 11) is 0. The van der Waals surface area contributed by atoms with E-state index in [4.69, 9.17) is 9.47 Å². The molecule has 0 saturated carbocycles. The average molecular weight is 355 g/mol. The Morgan fingerprint density at radius 1 is 1.12 bits per heavy atom. The largest absolute Gasteiger partial charge is 0.494 e. The Bertz CT molecular complexity index is 727. The van der Waals surface area contributed by atoms with Crippen LogP contribution >= 0.6 is 0 Å². The molecular formula is C22H29NO3. The molecule has 1 N–H and O–H groups in total. The molecule has 0 aliphatic rings. The second kappa shape index (κ2) is 9.85. The lowest BCUT2D eigenvalue weighted by atomic mass is 10.1. The van der Waals surface area contributed by atoms with Crippen LogP contribution in [0.2, 0.25) is 0 Å². The topological polar surface area (TPSA) is 47.6 Å². The van der Waals surface area contributed by atoms with E-state index < -0.39 is 6.10 Å². The van der Waals surface area contributed by atoms with Crippen molar-refractivity contribution in [2.75, 3.05) is 13.2 Å². The van der Waals surface area contributed by atoms with Gasteiger partial charge in [0.2, 0.25) is 0 Å². The van der Waals surface area contributed by atoms with E-state index in [9.17, 15) is 4.79 Å². The molecule has 2 aromatic carbocycles. The summed E-state index contributed by atoms with van der Waals surface area (Å²) in [6.07, 6.45) is 1.20. The number of rotatable bonds is 9. The van der Waals surface area contributed by atoms with Crippen molar-refractivity contribution in [2.24, 2.45) is 0 Å². The van der Waals surface area contributed by atoms with Crippen molar-refractivity contribution >= 4 is 5.91 Å². The zero-order chi connectivity index (χ0) is 18.9. The first-order valence-electron chi connectivity index (χ1n) is 9.23. The second-order valence-electron chi connectivity index (χ2n) is 6.44. The van der Waals surface area contributed by atoms with Crippen molar-refractivity contribution in [2.45, 2.75) is 46.6 Å². The van der Waals surface area contributed by atoms with Crippen LogP contribution in [0.3, 0.4) is 0 Å². The number of para-hydroxylation sites is 1. The fourth-order valence-corrected chi connectivity index (χ4v) is 2.69. The molecule has 0 spiro atoms. The van der Waals surface area contributed by atoms with Crippen LogP contribution in [0.15, 0.2) is 42.5 Å². The van der Waals surface area contributed by atoms with Gasteiger partial charge in [-0.1, -0.05) is 24.3 Å². The Kier molecular flexibility index (Phi) is 7.52. The quantitative estimate of drug-likeness (QED) is 0.685. The number of carbonyl (C=O) groups is 1. The summed E-state index contributed by atoms with van der Waals surface area (Å²) >= 11 is 0. The fourth-order valence-electron chi connectivity index (χ4n) is 2.69. The molecule has 0 bridgehead atoms. The third-order valence-corrected chi connectivity index (χ3v) is 4.36. The average Bonchev–Trinajstić information content (AvgIpc) is 2.63. The van der Waals surface area contributed by atoms with Gasteiger partial charge < -0.3 is 14.8 Å². The SMILES string of the molecule is CCOc1ccccc1CCCNC(=O)C(C)Oc1ccc(C)c(C)c1. The normalized spacial score (nSPS) is 11.7. The number of aryl methyl sites for hydroxylation is 3. The first kappa shape index (κ1) is 19.8. The molecule has 4 nitrogen and oxygen atoms in total. The molecule has 1 unspecified atom stereocenters. The molecule has 0 aliphatic carbocycles. The summed E-state index contributed by atoms with van der Waals surface area (Å²) in [5.41, 5.74) is 3.54. The zero-order valence-electron chi connectivity index (χ0n) is 16.2. The maximum absolute atomic E-state index is 12.2. The van der Waals surface area contributed by atoms with Crippen LogP contribution in [0, 0.1) is 13.8 Å². The van der Waals surface area contributed by atoms with Gasteiger partial charge in [0.1, 0.15) is 11.5 Å². The van der Waals surface area contributed by atoms with Crippen LogP contribution in [0.5, 0.6) is 11.5 Å². The minimum atomic E-state index is -0.521. The van der Waals surface area contributed by atoms with Gasteiger partial charge in [-0.25, -0.2) is 0 Å². The number of nitrogens with one attached hydrogen (secondary N) is 1. The van der Waals surface area contributed by atoms with E-state index in [1.807, 2.05) is 50.2 Å². The first-order valence-corrected chi connectivity index (χ1v) is 9.23. The van der Waals surface area contributed by atoms with Crippen LogP contribution in [-0.2, 0) is 11.2 Å². The summed E-state index contributed by atoms with van der Waals surface area (Å²) in [5.74, 6) is 1.55. The highest BCUT2D eigenvalue weighted by Crippen LogP contribution is 2.19. The summed E-state index contributed by atoms with van der Waals surface area (Å²) in [6, 6.07) is 13.9. The lowest BCUT2D eigenvalue weighted by Crippen LogP contribution is -2.36.